The zero-order valence-corrected chi connectivity index (χ0v) is 19.4. The van der Waals surface area contributed by atoms with Crippen molar-refractivity contribution in [2.24, 2.45) is 5.73 Å². The summed E-state index contributed by atoms with van der Waals surface area (Å²) in [6.07, 6.45) is 7.19. The topological polar surface area (TPSA) is 119 Å². The molecule has 4 aromatic heterocycles. The lowest BCUT2D eigenvalue weighted by atomic mass is 10.3. The number of amides is 2. The predicted molar refractivity (Wildman–Crippen MR) is 136 cm³/mol. The third kappa shape index (κ3) is 5.18. The van der Waals surface area contributed by atoms with E-state index in [0.29, 0.717) is 11.4 Å². The Hall–Kier alpha value is -4.70. The van der Waals surface area contributed by atoms with E-state index in [2.05, 4.69) is 20.2 Å². The van der Waals surface area contributed by atoms with Crippen molar-refractivity contribution >= 4 is 34.5 Å². The molecule has 10 nitrogen and oxygen atoms in total. The molecule has 5 aromatic rings. The number of primary amides is 1. The Kier molecular flexibility index (Phi) is 6.59. The molecule has 182 valence electrons. The van der Waals surface area contributed by atoms with Crippen LogP contribution in [0.15, 0.2) is 85.5 Å². The number of ether oxygens (including phenoxy) is 1. The highest BCUT2D eigenvalue weighted by Gasteiger charge is 2.14. The monoisotopic (exact) mass is 483 g/mol. The van der Waals surface area contributed by atoms with Gasteiger partial charge < -0.3 is 29.5 Å². The van der Waals surface area contributed by atoms with E-state index in [4.69, 9.17) is 10.5 Å². The normalized spacial score (nSPS) is 13.3. The van der Waals surface area contributed by atoms with Crippen LogP contribution in [0.3, 0.4) is 0 Å². The van der Waals surface area contributed by atoms with E-state index in [1.807, 2.05) is 77.5 Å². The number of para-hydroxylation sites is 1. The molecule has 1 fully saturated rings. The molecule has 0 unspecified atom stereocenters. The maximum absolute atomic E-state index is 12.4. The average molecular weight is 484 g/mol. The molecule has 1 aromatic carbocycles. The van der Waals surface area contributed by atoms with Gasteiger partial charge in [0.25, 0.3) is 11.8 Å². The molecule has 1 saturated heterocycles. The van der Waals surface area contributed by atoms with Crippen molar-refractivity contribution in [2.75, 3.05) is 36.5 Å². The second-order valence-electron chi connectivity index (χ2n) is 8.15. The van der Waals surface area contributed by atoms with Crippen LogP contribution in [-0.4, -0.2) is 56.9 Å². The van der Waals surface area contributed by atoms with E-state index in [0.717, 1.165) is 49.0 Å². The predicted octanol–water partition coefficient (Wildman–Crippen LogP) is 2.86. The summed E-state index contributed by atoms with van der Waals surface area (Å²) in [4.78, 5) is 33.7. The Balaban J connectivity index is 0.000000186. The largest absolute Gasteiger partial charge is 0.378 e. The van der Waals surface area contributed by atoms with Crippen molar-refractivity contribution in [3.05, 3.63) is 96.8 Å². The molecular weight excluding hydrogens is 458 g/mol. The molecule has 0 spiro atoms. The van der Waals surface area contributed by atoms with E-state index in [9.17, 15) is 9.59 Å². The third-order valence-corrected chi connectivity index (χ3v) is 5.69. The number of anilines is 2. The quantitative estimate of drug-likeness (QED) is 0.406. The number of nitrogens with zero attached hydrogens (tertiary/aromatic N) is 5. The Morgan fingerprint density at radius 2 is 1.50 bits per heavy atom. The molecule has 6 rings (SSSR count). The summed E-state index contributed by atoms with van der Waals surface area (Å²) in [5, 5.41) is 2.86. The van der Waals surface area contributed by atoms with Gasteiger partial charge in [-0.2, -0.15) is 0 Å². The molecule has 10 heteroatoms. The van der Waals surface area contributed by atoms with Crippen LogP contribution in [0.1, 0.15) is 21.0 Å². The fourth-order valence-corrected chi connectivity index (χ4v) is 3.87. The maximum Gasteiger partial charge on any atom is 0.275 e. The lowest BCUT2D eigenvalue weighted by molar-refractivity contribution is 0.0993. The number of nitrogens with one attached hydrogen (secondary N) is 1. The van der Waals surface area contributed by atoms with E-state index in [1.54, 1.807) is 16.8 Å². The number of aromatic nitrogens is 4. The summed E-state index contributed by atoms with van der Waals surface area (Å²) in [6, 6.07) is 18.9. The summed E-state index contributed by atoms with van der Waals surface area (Å²) < 4.78 is 9.03. The molecule has 1 aliphatic rings. The van der Waals surface area contributed by atoms with E-state index < -0.39 is 5.91 Å². The van der Waals surface area contributed by atoms with Gasteiger partial charge in [0.1, 0.15) is 22.7 Å². The second-order valence-corrected chi connectivity index (χ2v) is 8.15. The smallest absolute Gasteiger partial charge is 0.275 e. The van der Waals surface area contributed by atoms with Crippen molar-refractivity contribution in [3.8, 4) is 0 Å². The third-order valence-electron chi connectivity index (χ3n) is 5.69. The summed E-state index contributed by atoms with van der Waals surface area (Å²) in [7, 11) is 0. The molecule has 0 atom stereocenters. The van der Waals surface area contributed by atoms with Crippen molar-refractivity contribution in [3.63, 3.8) is 0 Å². The van der Waals surface area contributed by atoms with Gasteiger partial charge in [-0.3, -0.25) is 9.59 Å². The van der Waals surface area contributed by atoms with Crippen LogP contribution in [0.4, 0.5) is 11.4 Å². The van der Waals surface area contributed by atoms with Crippen molar-refractivity contribution in [1.82, 2.24) is 18.8 Å². The van der Waals surface area contributed by atoms with Gasteiger partial charge in [0.15, 0.2) is 0 Å². The zero-order chi connectivity index (χ0) is 24.9. The zero-order valence-electron chi connectivity index (χ0n) is 19.4. The number of pyridine rings is 2. The van der Waals surface area contributed by atoms with Gasteiger partial charge in [-0.05, 0) is 36.4 Å². The Bertz CT molecular complexity index is 1470. The number of carbonyl (C=O) groups is 2. The van der Waals surface area contributed by atoms with Crippen molar-refractivity contribution in [2.45, 2.75) is 0 Å². The first-order valence-electron chi connectivity index (χ1n) is 11.5. The van der Waals surface area contributed by atoms with E-state index in [1.165, 1.54) is 0 Å². The Morgan fingerprint density at radius 1 is 0.806 bits per heavy atom. The molecular formula is C26H25N7O3. The van der Waals surface area contributed by atoms with Gasteiger partial charge >= 0.3 is 0 Å². The highest BCUT2D eigenvalue weighted by Crippen LogP contribution is 2.18. The van der Waals surface area contributed by atoms with E-state index >= 15 is 0 Å². The number of rotatable bonds is 4. The van der Waals surface area contributed by atoms with Crippen molar-refractivity contribution < 1.29 is 14.3 Å². The highest BCUT2D eigenvalue weighted by atomic mass is 16.5. The number of hydrogen-bond donors (Lipinski definition) is 2. The maximum atomic E-state index is 12.4. The van der Waals surface area contributed by atoms with Crippen LogP contribution >= 0.6 is 0 Å². The standard InChI is InChI=1S/C18H18N4O2.C8H7N3O/c23-18(19-14-4-2-1-3-5-14)16-13-22-12-15(6-7-17(22)20-16)21-8-10-24-11-9-21;9-8(12)6-5-11-4-2-1-3-7(11)10-6/h1-7,12-13H,8-11H2,(H,19,23);1-5H,(H2,9,12). The minimum Gasteiger partial charge on any atom is -0.378 e. The highest BCUT2D eigenvalue weighted by molar-refractivity contribution is 6.03. The first kappa shape index (κ1) is 23.1. The fourth-order valence-electron chi connectivity index (χ4n) is 3.87. The van der Waals surface area contributed by atoms with Crippen LogP contribution in [0, 0.1) is 0 Å². The number of fused-ring (bicyclic) bond motifs is 2. The van der Waals surface area contributed by atoms with Gasteiger partial charge in [-0.25, -0.2) is 9.97 Å². The summed E-state index contributed by atoms with van der Waals surface area (Å²) >= 11 is 0. The minimum atomic E-state index is -0.501. The van der Waals surface area contributed by atoms with Crippen LogP contribution in [0.25, 0.3) is 11.3 Å². The fraction of sp³-hybridized carbons (Fsp3) is 0.154. The van der Waals surface area contributed by atoms with Crippen LogP contribution in [-0.2, 0) is 4.74 Å². The molecule has 5 heterocycles. The van der Waals surface area contributed by atoms with Gasteiger partial charge in [-0.1, -0.05) is 24.3 Å². The molecule has 0 saturated carbocycles. The lowest BCUT2D eigenvalue weighted by Crippen LogP contribution is -2.36. The average Bonchev–Trinajstić information content (AvgIpc) is 3.54. The van der Waals surface area contributed by atoms with Gasteiger partial charge in [0, 0.05) is 43.6 Å². The first-order valence-corrected chi connectivity index (χ1v) is 11.5. The number of carbonyl (C=O) groups excluding carboxylic acids is 2. The van der Waals surface area contributed by atoms with Crippen molar-refractivity contribution in [1.29, 1.82) is 0 Å². The van der Waals surface area contributed by atoms with Crippen LogP contribution in [0.5, 0.6) is 0 Å². The lowest BCUT2D eigenvalue weighted by Gasteiger charge is -2.28. The van der Waals surface area contributed by atoms with Gasteiger partial charge in [-0.15, -0.1) is 0 Å². The minimum absolute atomic E-state index is 0.210. The Labute approximate surface area is 206 Å². The second kappa shape index (κ2) is 10.3. The number of morpholine rings is 1. The number of imidazole rings is 2. The summed E-state index contributed by atoms with van der Waals surface area (Å²) in [5.74, 6) is -0.712. The molecule has 0 aliphatic carbocycles. The van der Waals surface area contributed by atoms with E-state index in [-0.39, 0.29) is 5.91 Å². The molecule has 0 bridgehead atoms. The van der Waals surface area contributed by atoms with Crippen LogP contribution in [0.2, 0.25) is 0 Å². The molecule has 3 N–H and O–H groups in total. The summed E-state index contributed by atoms with van der Waals surface area (Å²) in [6.45, 7) is 3.24. The molecule has 0 radical (unpaired) electrons. The summed E-state index contributed by atoms with van der Waals surface area (Å²) in [5.41, 5.74) is 9.11. The Morgan fingerprint density at radius 3 is 2.25 bits per heavy atom. The number of nitrogens with two attached hydrogens (primary N) is 1. The molecule has 1 aliphatic heterocycles. The molecule has 36 heavy (non-hydrogen) atoms. The van der Waals surface area contributed by atoms with Gasteiger partial charge in [0.2, 0.25) is 0 Å². The van der Waals surface area contributed by atoms with Gasteiger partial charge in [0.05, 0.1) is 18.9 Å². The SMILES string of the molecule is NC(=O)c1cn2ccccc2n1.O=C(Nc1ccccc1)c1cn2cc(N3CCOCC3)ccc2n1. The van der Waals surface area contributed by atoms with Crippen LogP contribution < -0.4 is 16.0 Å². The number of hydrogen-bond acceptors (Lipinski definition) is 6. The first-order chi connectivity index (χ1) is 17.6. The number of benzene rings is 1. The molecule has 2 amide bonds.